The third-order valence-electron chi connectivity index (χ3n) is 3.36. The van der Waals surface area contributed by atoms with Crippen LogP contribution in [0.5, 0.6) is 0 Å². The molecule has 1 aromatic heterocycles. The van der Waals surface area contributed by atoms with Crippen molar-refractivity contribution in [3.05, 3.63) is 56.7 Å². The largest absolute Gasteiger partial charge is 0.384 e. The van der Waals surface area contributed by atoms with Gasteiger partial charge in [-0.3, -0.25) is 0 Å². The Bertz CT molecular complexity index is 646. The molecule has 3 N–H and O–H groups in total. The normalized spacial score (nSPS) is 13.8. The van der Waals surface area contributed by atoms with E-state index in [0.717, 1.165) is 15.9 Å². The molecule has 2 aromatic rings. The maximum absolute atomic E-state index is 10.6. The van der Waals surface area contributed by atoms with Gasteiger partial charge in [0.2, 0.25) is 0 Å². The molecule has 0 bridgehead atoms. The highest BCUT2D eigenvalue weighted by Gasteiger charge is 2.22. The topological polar surface area (TPSA) is 56.7 Å². The molecule has 1 unspecified atom stereocenters. The highest BCUT2D eigenvalue weighted by atomic mass is 127. The highest BCUT2D eigenvalue weighted by Crippen LogP contribution is 2.22. The smallest absolute Gasteiger partial charge is 0.191 e. The molecule has 7 heteroatoms. The minimum atomic E-state index is -0.955. The molecular weight excluding hydrogens is 501 g/mol. The summed E-state index contributed by atoms with van der Waals surface area (Å²) in [7, 11) is 0. The fraction of sp³-hybridized carbons (Fsp3) is 0.353. The van der Waals surface area contributed by atoms with Crippen molar-refractivity contribution >= 4 is 57.2 Å². The van der Waals surface area contributed by atoms with Crippen LogP contribution >= 0.6 is 51.2 Å². The molecule has 0 aliphatic carbocycles. The molecule has 0 fully saturated rings. The fourth-order valence-corrected chi connectivity index (χ4v) is 3.50. The van der Waals surface area contributed by atoms with Gasteiger partial charge in [0.25, 0.3) is 0 Å². The average molecular weight is 524 g/mol. The van der Waals surface area contributed by atoms with E-state index in [9.17, 15) is 5.11 Å². The Kier molecular flexibility index (Phi) is 9.25. The molecule has 1 aromatic carbocycles. The van der Waals surface area contributed by atoms with Crippen LogP contribution in [-0.4, -0.2) is 24.2 Å². The van der Waals surface area contributed by atoms with Crippen molar-refractivity contribution in [1.82, 2.24) is 10.6 Å². The maximum atomic E-state index is 10.6. The standard InChI is InChI=1S/C17H22BrN3OS.HI/c1-3-19-16(20-11-14-9-10-15(18)23-14)21-12-17(2,22)13-7-5-4-6-8-13;/h4-10,22H,3,11-12H2,1-2H3,(H2,19,20,21);1H. The van der Waals surface area contributed by atoms with Crippen molar-refractivity contribution in [2.75, 3.05) is 13.1 Å². The second-order valence-corrected chi connectivity index (χ2v) is 7.94. The van der Waals surface area contributed by atoms with E-state index in [1.54, 1.807) is 18.3 Å². The molecular formula is C17H23BrIN3OS. The predicted octanol–water partition coefficient (Wildman–Crippen LogP) is 4.09. The van der Waals surface area contributed by atoms with Crippen LogP contribution in [0.1, 0.15) is 24.3 Å². The van der Waals surface area contributed by atoms with E-state index in [1.807, 2.05) is 43.3 Å². The number of guanidine groups is 1. The molecule has 2 rings (SSSR count). The Morgan fingerprint density at radius 2 is 1.92 bits per heavy atom. The van der Waals surface area contributed by atoms with Gasteiger partial charge >= 0.3 is 0 Å². The van der Waals surface area contributed by atoms with Gasteiger partial charge in [0.05, 0.1) is 16.9 Å². The average Bonchev–Trinajstić information content (AvgIpc) is 2.96. The molecule has 4 nitrogen and oxygen atoms in total. The highest BCUT2D eigenvalue weighted by molar-refractivity contribution is 14.0. The number of nitrogens with zero attached hydrogens (tertiary/aromatic N) is 1. The van der Waals surface area contributed by atoms with E-state index < -0.39 is 5.60 Å². The number of benzene rings is 1. The van der Waals surface area contributed by atoms with Crippen molar-refractivity contribution in [3.8, 4) is 0 Å². The number of halogens is 2. The summed E-state index contributed by atoms with van der Waals surface area (Å²) in [5.41, 5.74) is -0.0748. The van der Waals surface area contributed by atoms with Crippen LogP contribution in [0.3, 0.4) is 0 Å². The summed E-state index contributed by atoms with van der Waals surface area (Å²) in [6, 6.07) is 13.7. The third kappa shape index (κ3) is 6.70. The van der Waals surface area contributed by atoms with Crippen LogP contribution in [0.15, 0.2) is 51.2 Å². The van der Waals surface area contributed by atoms with Crippen molar-refractivity contribution < 1.29 is 5.11 Å². The molecule has 0 aliphatic heterocycles. The Morgan fingerprint density at radius 3 is 2.50 bits per heavy atom. The van der Waals surface area contributed by atoms with Crippen LogP contribution in [0.4, 0.5) is 0 Å². The quantitative estimate of drug-likeness (QED) is 0.303. The summed E-state index contributed by atoms with van der Waals surface area (Å²) >= 11 is 5.13. The first-order chi connectivity index (χ1) is 11.0. The number of nitrogens with one attached hydrogen (secondary N) is 2. The van der Waals surface area contributed by atoms with E-state index in [2.05, 4.69) is 37.6 Å². The molecule has 24 heavy (non-hydrogen) atoms. The predicted molar refractivity (Wildman–Crippen MR) is 116 cm³/mol. The van der Waals surface area contributed by atoms with Gasteiger partial charge in [0.1, 0.15) is 5.60 Å². The lowest BCUT2D eigenvalue weighted by Gasteiger charge is -2.25. The van der Waals surface area contributed by atoms with E-state index in [-0.39, 0.29) is 24.0 Å². The Balaban J connectivity index is 0.00000288. The first-order valence-corrected chi connectivity index (χ1v) is 9.16. The number of rotatable bonds is 6. The lowest BCUT2D eigenvalue weighted by Crippen LogP contribution is -2.44. The Morgan fingerprint density at radius 1 is 1.21 bits per heavy atom. The van der Waals surface area contributed by atoms with Crippen molar-refractivity contribution in [1.29, 1.82) is 0 Å². The number of hydrogen-bond acceptors (Lipinski definition) is 3. The van der Waals surface area contributed by atoms with Crippen molar-refractivity contribution in [3.63, 3.8) is 0 Å². The second-order valence-electron chi connectivity index (χ2n) is 5.39. The molecule has 0 aliphatic rings. The third-order valence-corrected chi connectivity index (χ3v) is 4.97. The summed E-state index contributed by atoms with van der Waals surface area (Å²) in [4.78, 5) is 5.75. The lowest BCUT2D eigenvalue weighted by atomic mass is 9.96. The van der Waals surface area contributed by atoms with Gasteiger partial charge < -0.3 is 15.7 Å². The number of aliphatic imine (C=N–C) groups is 1. The Labute approximate surface area is 172 Å². The zero-order valence-corrected chi connectivity index (χ0v) is 18.5. The second kappa shape index (κ2) is 10.4. The van der Waals surface area contributed by atoms with Gasteiger partial charge in [0.15, 0.2) is 5.96 Å². The monoisotopic (exact) mass is 523 g/mol. The minimum Gasteiger partial charge on any atom is -0.384 e. The Hall–Kier alpha value is -0.640. The summed E-state index contributed by atoms with van der Waals surface area (Å²) in [6.45, 7) is 5.59. The van der Waals surface area contributed by atoms with Gasteiger partial charge in [-0.25, -0.2) is 4.99 Å². The summed E-state index contributed by atoms with van der Waals surface area (Å²) in [5, 5.41) is 17.1. The number of thiophene rings is 1. The molecule has 1 heterocycles. The van der Waals surface area contributed by atoms with Crippen LogP contribution in [0.25, 0.3) is 0 Å². The van der Waals surface area contributed by atoms with Crippen LogP contribution < -0.4 is 10.6 Å². The number of hydrogen-bond donors (Lipinski definition) is 3. The first kappa shape index (κ1) is 21.4. The van der Waals surface area contributed by atoms with E-state index in [4.69, 9.17) is 0 Å². The fourth-order valence-electron chi connectivity index (χ4n) is 2.09. The SMILES string of the molecule is CCNC(=NCc1ccc(Br)s1)NCC(C)(O)c1ccccc1.I. The van der Waals surface area contributed by atoms with E-state index in [1.165, 1.54) is 4.88 Å². The van der Waals surface area contributed by atoms with Crippen molar-refractivity contribution in [2.45, 2.75) is 26.0 Å². The van der Waals surface area contributed by atoms with Gasteiger partial charge in [-0.2, -0.15) is 0 Å². The zero-order chi connectivity index (χ0) is 16.7. The van der Waals surface area contributed by atoms with Gasteiger partial charge in [-0.15, -0.1) is 35.3 Å². The lowest BCUT2D eigenvalue weighted by molar-refractivity contribution is 0.0617. The van der Waals surface area contributed by atoms with Crippen LogP contribution in [0.2, 0.25) is 0 Å². The van der Waals surface area contributed by atoms with Crippen LogP contribution in [0, 0.1) is 0 Å². The molecule has 0 radical (unpaired) electrons. The first-order valence-electron chi connectivity index (χ1n) is 7.55. The maximum Gasteiger partial charge on any atom is 0.191 e. The zero-order valence-electron chi connectivity index (χ0n) is 13.8. The molecule has 0 saturated heterocycles. The molecule has 132 valence electrons. The number of aliphatic hydroxyl groups is 1. The molecule has 1 atom stereocenters. The molecule has 0 saturated carbocycles. The van der Waals surface area contributed by atoms with E-state index >= 15 is 0 Å². The van der Waals surface area contributed by atoms with Gasteiger partial charge in [-0.1, -0.05) is 30.3 Å². The summed E-state index contributed by atoms with van der Waals surface area (Å²) in [5.74, 6) is 0.702. The summed E-state index contributed by atoms with van der Waals surface area (Å²) in [6.07, 6.45) is 0. The van der Waals surface area contributed by atoms with Gasteiger partial charge in [-0.05, 0) is 47.5 Å². The van der Waals surface area contributed by atoms with E-state index in [0.29, 0.717) is 19.0 Å². The van der Waals surface area contributed by atoms with Gasteiger partial charge in [0, 0.05) is 11.4 Å². The summed E-state index contributed by atoms with van der Waals surface area (Å²) < 4.78 is 1.10. The van der Waals surface area contributed by atoms with Crippen molar-refractivity contribution in [2.24, 2.45) is 4.99 Å². The minimum absolute atomic E-state index is 0. The molecule has 0 spiro atoms. The molecule has 0 amide bonds. The van der Waals surface area contributed by atoms with Crippen LogP contribution in [-0.2, 0) is 12.1 Å².